The lowest BCUT2D eigenvalue weighted by Gasteiger charge is -2.09. The minimum atomic E-state index is -0.0541. The van der Waals surface area contributed by atoms with E-state index in [1.54, 1.807) is 6.20 Å². The Kier molecular flexibility index (Phi) is 4.37. The number of nitrogens with zero attached hydrogens (tertiary/aromatic N) is 6. The molecule has 1 aliphatic heterocycles. The molecule has 1 aliphatic rings. The van der Waals surface area contributed by atoms with E-state index < -0.39 is 0 Å². The van der Waals surface area contributed by atoms with Crippen LogP contribution in [0.5, 0.6) is 0 Å². The molecule has 1 aromatic carbocycles. The largest absolute Gasteiger partial charge is 0.278 e. The van der Waals surface area contributed by atoms with Gasteiger partial charge in [-0.3, -0.25) is 9.67 Å². The van der Waals surface area contributed by atoms with Gasteiger partial charge in [0.05, 0.1) is 12.2 Å². The molecule has 4 heterocycles. The summed E-state index contributed by atoms with van der Waals surface area (Å²) < 4.78 is 1.89. The van der Waals surface area contributed by atoms with Crippen molar-refractivity contribution in [2.75, 3.05) is 0 Å². The average molecular weight is 376 g/mol. The number of hydrogen-bond acceptors (Lipinski definition) is 5. The highest BCUT2D eigenvalue weighted by Crippen LogP contribution is 2.31. The number of fused-ring (bicyclic) bond motifs is 1. The summed E-state index contributed by atoms with van der Waals surface area (Å²) >= 11 is 0. The normalized spacial score (nSPS) is 12.6. The molecule has 0 bridgehead atoms. The van der Waals surface area contributed by atoms with Crippen LogP contribution in [0, 0.1) is 11.2 Å². The Morgan fingerprint density at radius 2 is 1.93 bits per heavy atom. The highest BCUT2D eigenvalue weighted by atomic mass is 15.3. The smallest absolute Gasteiger partial charge is 0.268 e. The molecule has 5 rings (SSSR count). The number of nitriles is 1. The highest BCUT2D eigenvalue weighted by molar-refractivity contribution is 6.67. The Bertz CT molecular complexity index is 1200. The number of hydrogen-bond donors (Lipinski definition) is 0. The van der Waals surface area contributed by atoms with Gasteiger partial charge >= 0.3 is 0 Å². The van der Waals surface area contributed by atoms with E-state index in [1.807, 2.05) is 65.6 Å². The van der Waals surface area contributed by atoms with Gasteiger partial charge < -0.3 is 0 Å². The summed E-state index contributed by atoms with van der Waals surface area (Å²) in [5.74, 6) is 3.07. The molecule has 6 nitrogen and oxygen atoms in total. The van der Waals surface area contributed by atoms with E-state index in [2.05, 4.69) is 11.0 Å². The maximum absolute atomic E-state index is 9.43. The lowest BCUT2D eigenvalue weighted by molar-refractivity contribution is 0.686. The highest BCUT2D eigenvalue weighted by Gasteiger charge is 2.31. The quantitative estimate of drug-likeness (QED) is 0.511. The second-order valence-corrected chi connectivity index (χ2v) is 7.18. The van der Waals surface area contributed by atoms with E-state index in [4.69, 9.17) is 15.1 Å². The molecule has 29 heavy (non-hydrogen) atoms. The van der Waals surface area contributed by atoms with Crippen LogP contribution in [0.15, 0.2) is 67.1 Å². The average Bonchev–Trinajstić information content (AvgIpc) is 3.41. The van der Waals surface area contributed by atoms with E-state index in [9.17, 15) is 5.26 Å². The van der Waals surface area contributed by atoms with Crippen molar-refractivity contribution in [1.29, 1.82) is 5.26 Å². The van der Waals surface area contributed by atoms with Gasteiger partial charge in [0.2, 0.25) is 0 Å². The Balaban J connectivity index is 1.56. The first-order valence-corrected chi connectivity index (χ1v) is 9.58. The third-order valence-electron chi connectivity index (χ3n) is 5.15. The summed E-state index contributed by atoms with van der Waals surface area (Å²) in [7, 11) is 0. The molecule has 3 aromatic heterocycles. The zero-order chi connectivity index (χ0) is 19.6. The van der Waals surface area contributed by atoms with Crippen LogP contribution in [-0.4, -0.2) is 31.4 Å². The van der Waals surface area contributed by atoms with Crippen LogP contribution >= 0.6 is 0 Å². The summed E-state index contributed by atoms with van der Waals surface area (Å²) in [5.41, 5.74) is 5.70. The van der Waals surface area contributed by atoms with Gasteiger partial charge in [0.1, 0.15) is 5.69 Å². The van der Waals surface area contributed by atoms with Crippen molar-refractivity contribution < 1.29 is 0 Å². The van der Waals surface area contributed by atoms with Crippen molar-refractivity contribution in [2.45, 2.75) is 19.2 Å². The van der Waals surface area contributed by atoms with Gasteiger partial charge in [-0.15, -0.1) is 0 Å². The minimum Gasteiger partial charge on any atom is -0.268 e. The fourth-order valence-corrected chi connectivity index (χ4v) is 3.74. The number of rotatable bonds is 4. The minimum absolute atomic E-state index is 0.0541. The number of aromatic nitrogens is 5. The van der Waals surface area contributed by atoms with E-state index in [-0.39, 0.29) is 6.71 Å². The fourth-order valence-electron chi connectivity index (χ4n) is 3.74. The Morgan fingerprint density at radius 3 is 2.72 bits per heavy atom. The standard InChI is InChI=1S/C22H17BN6/c24-15-23-11-18-20(12-23)26-22(17-6-2-1-3-7-17)27-21(18)19-8-10-29(28-19)14-16-5-4-9-25-13-16/h1-10,13H,11-12,14H2. The first-order chi connectivity index (χ1) is 14.3. The Morgan fingerprint density at radius 1 is 1.03 bits per heavy atom. The third kappa shape index (κ3) is 3.41. The second kappa shape index (κ2) is 7.32. The Hall–Kier alpha value is -3.79. The number of pyridine rings is 1. The molecule has 138 valence electrons. The van der Waals surface area contributed by atoms with E-state index in [1.165, 1.54) is 0 Å². The molecule has 0 N–H and O–H groups in total. The van der Waals surface area contributed by atoms with Crippen LogP contribution < -0.4 is 0 Å². The monoisotopic (exact) mass is 376 g/mol. The first kappa shape index (κ1) is 17.3. The van der Waals surface area contributed by atoms with Crippen molar-refractivity contribution in [1.82, 2.24) is 24.7 Å². The molecule has 0 spiro atoms. The summed E-state index contributed by atoms with van der Waals surface area (Å²) in [5, 5.41) is 14.2. The van der Waals surface area contributed by atoms with Crippen LogP contribution in [-0.2, 0) is 19.2 Å². The first-order valence-electron chi connectivity index (χ1n) is 9.58. The molecule has 7 heteroatoms. The van der Waals surface area contributed by atoms with Crippen molar-refractivity contribution in [3.8, 4) is 28.7 Å². The van der Waals surface area contributed by atoms with Gasteiger partial charge in [0, 0.05) is 35.8 Å². The molecule has 4 aromatic rings. The molecule has 0 saturated carbocycles. The van der Waals surface area contributed by atoms with E-state index in [0.29, 0.717) is 25.0 Å². The summed E-state index contributed by atoms with van der Waals surface area (Å²) in [6.45, 7) is 0.592. The van der Waals surface area contributed by atoms with Gasteiger partial charge in [-0.25, -0.2) is 15.2 Å². The second-order valence-electron chi connectivity index (χ2n) is 7.18. The summed E-state index contributed by atoms with van der Waals surface area (Å²) in [6.07, 6.45) is 6.90. The molecule has 0 amide bonds. The lowest BCUT2D eigenvalue weighted by atomic mass is 9.49. The van der Waals surface area contributed by atoms with Crippen LogP contribution in [0.4, 0.5) is 0 Å². The maximum atomic E-state index is 9.43. The van der Waals surface area contributed by atoms with Crippen LogP contribution in [0.1, 0.15) is 16.8 Å². The zero-order valence-corrected chi connectivity index (χ0v) is 15.7. The Labute approximate surface area is 169 Å². The lowest BCUT2D eigenvalue weighted by Crippen LogP contribution is -2.10. The van der Waals surface area contributed by atoms with E-state index in [0.717, 1.165) is 33.8 Å². The molecule has 0 radical (unpaired) electrons. The fraction of sp³-hybridized carbons (Fsp3) is 0.136. The molecule has 0 unspecified atom stereocenters. The molecular formula is C22H17BN6. The zero-order valence-electron chi connectivity index (χ0n) is 15.7. The maximum Gasteiger partial charge on any atom is 0.278 e. The molecule has 0 saturated heterocycles. The van der Waals surface area contributed by atoms with Gasteiger partial charge in [0.15, 0.2) is 5.82 Å². The summed E-state index contributed by atoms with van der Waals surface area (Å²) in [6, 6.07) is 15.9. The van der Waals surface area contributed by atoms with Crippen molar-refractivity contribution in [3.05, 3.63) is 83.9 Å². The van der Waals surface area contributed by atoms with Crippen molar-refractivity contribution in [3.63, 3.8) is 0 Å². The SMILES string of the molecule is N#CB1Cc2nc(-c3ccccc3)nc(-c3ccn(Cc4cccnc4)n3)c2C1. The molecule has 0 atom stereocenters. The topological polar surface area (TPSA) is 80.3 Å². The van der Waals surface area contributed by atoms with Crippen LogP contribution in [0.2, 0.25) is 0 Å². The van der Waals surface area contributed by atoms with Gasteiger partial charge in [-0.2, -0.15) is 5.10 Å². The predicted molar refractivity (Wildman–Crippen MR) is 111 cm³/mol. The van der Waals surface area contributed by atoms with Crippen molar-refractivity contribution in [2.24, 2.45) is 0 Å². The van der Waals surface area contributed by atoms with Crippen LogP contribution in [0.3, 0.4) is 0 Å². The van der Waals surface area contributed by atoms with Crippen LogP contribution in [0.25, 0.3) is 22.8 Å². The van der Waals surface area contributed by atoms with Crippen molar-refractivity contribution >= 4 is 6.71 Å². The van der Waals surface area contributed by atoms with Gasteiger partial charge in [0.25, 0.3) is 6.71 Å². The third-order valence-corrected chi connectivity index (χ3v) is 5.15. The molecule has 0 fully saturated rings. The number of benzene rings is 1. The predicted octanol–water partition coefficient (Wildman–Crippen LogP) is 3.18. The van der Waals surface area contributed by atoms with Gasteiger partial charge in [-0.05, 0) is 35.9 Å². The molecule has 0 aliphatic carbocycles. The summed E-state index contributed by atoms with van der Waals surface area (Å²) in [4.78, 5) is 13.8. The van der Waals surface area contributed by atoms with Gasteiger partial charge in [-0.1, -0.05) is 36.4 Å². The van der Waals surface area contributed by atoms with E-state index >= 15 is 0 Å². The molecular weight excluding hydrogens is 359 g/mol.